The third-order valence-corrected chi connectivity index (χ3v) is 7.01. The van der Waals surface area contributed by atoms with Crippen LogP contribution in [0.3, 0.4) is 0 Å². The monoisotopic (exact) mass is 274 g/mol. The predicted octanol–water partition coefficient (Wildman–Crippen LogP) is 3.87. The lowest BCUT2D eigenvalue weighted by Gasteiger charge is -2.56. The first kappa shape index (κ1) is 12.1. The lowest BCUT2D eigenvalue weighted by molar-refractivity contribution is 0.0383. The molecule has 19 heavy (non-hydrogen) atoms. The third-order valence-electron chi connectivity index (χ3n) is 5.44. The molecule has 0 spiro atoms. The molecule has 0 aliphatic heterocycles. The van der Waals surface area contributed by atoms with E-state index in [4.69, 9.17) is 5.73 Å². The van der Waals surface area contributed by atoms with Crippen LogP contribution in [-0.4, -0.2) is 9.73 Å². The van der Waals surface area contributed by atoms with Crippen molar-refractivity contribution in [1.82, 2.24) is 4.98 Å². The number of nitrogen functional groups attached to an aromatic ring is 1. The van der Waals surface area contributed by atoms with Gasteiger partial charge in [0.1, 0.15) is 5.82 Å². The van der Waals surface area contributed by atoms with Crippen LogP contribution in [0.5, 0.6) is 0 Å². The van der Waals surface area contributed by atoms with E-state index in [9.17, 15) is 0 Å². The summed E-state index contributed by atoms with van der Waals surface area (Å²) in [6, 6.07) is 4.14. The molecule has 0 atom stereocenters. The summed E-state index contributed by atoms with van der Waals surface area (Å²) < 4.78 is 0.580. The number of thioether (sulfide) groups is 1. The molecular weight excluding hydrogens is 252 g/mol. The normalized spacial score (nSPS) is 39.7. The molecule has 1 aromatic heterocycles. The SMILES string of the molecule is Nc1ncccc1CSC12CC3CC(CC(C3)C1)C2. The Bertz CT molecular complexity index is 450. The Morgan fingerprint density at radius 1 is 1.16 bits per heavy atom. The van der Waals surface area contributed by atoms with Crippen molar-refractivity contribution < 1.29 is 0 Å². The van der Waals surface area contributed by atoms with E-state index in [0.717, 1.165) is 29.3 Å². The Hall–Kier alpha value is -0.700. The molecule has 4 aliphatic carbocycles. The highest BCUT2D eigenvalue weighted by molar-refractivity contribution is 7.99. The molecule has 1 aromatic rings. The summed E-state index contributed by atoms with van der Waals surface area (Å²) in [7, 11) is 0. The van der Waals surface area contributed by atoms with E-state index in [1.54, 1.807) is 6.20 Å². The van der Waals surface area contributed by atoms with Crippen LogP contribution in [0.15, 0.2) is 18.3 Å². The second-order valence-corrected chi connectivity index (χ2v) is 8.38. The fraction of sp³-hybridized carbons (Fsp3) is 0.688. The van der Waals surface area contributed by atoms with E-state index in [0.29, 0.717) is 4.75 Å². The molecule has 2 nitrogen and oxygen atoms in total. The van der Waals surface area contributed by atoms with Crippen LogP contribution in [0.2, 0.25) is 0 Å². The highest BCUT2D eigenvalue weighted by Gasteiger charge is 2.50. The summed E-state index contributed by atoms with van der Waals surface area (Å²) in [5.41, 5.74) is 7.20. The van der Waals surface area contributed by atoms with Crippen LogP contribution >= 0.6 is 11.8 Å². The van der Waals surface area contributed by atoms with Gasteiger partial charge in [-0.15, -0.1) is 0 Å². The molecule has 0 aromatic carbocycles. The maximum absolute atomic E-state index is 5.97. The first-order valence-corrected chi connectivity index (χ1v) is 8.54. The Morgan fingerprint density at radius 3 is 2.37 bits per heavy atom. The van der Waals surface area contributed by atoms with E-state index in [1.165, 1.54) is 44.1 Å². The standard InChI is InChI=1S/C16H22N2S/c17-15-14(2-1-3-18-15)10-19-16-7-11-4-12(8-16)6-13(5-11)9-16/h1-3,11-13H,4-10H2,(H2,17,18). The first-order chi connectivity index (χ1) is 9.22. The van der Waals surface area contributed by atoms with Crippen LogP contribution < -0.4 is 5.73 Å². The van der Waals surface area contributed by atoms with Crippen LogP contribution in [0.4, 0.5) is 5.82 Å². The van der Waals surface area contributed by atoms with Gasteiger partial charge in [0.2, 0.25) is 0 Å². The summed E-state index contributed by atoms with van der Waals surface area (Å²) >= 11 is 2.18. The van der Waals surface area contributed by atoms with Gasteiger partial charge in [-0.3, -0.25) is 0 Å². The second kappa shape index (κ2) is 4.41. The molecule has 4 bridgehead atoms. The quantitative estimate of drug-likeness (QED) is 0.909. The molecule has 102 valence electrons. The molecule has 5 rings (SSSR count). The van der Waals surface area contributed by atoms with E-state index < -0.39 is 0 Å². The van der Waals surface area contributed by atoms with Gasteiger partial charge in [-0.05, 0) is 62.3 Å². The average Bonchev–Trinajstić information content (AvgIpc) is 2.36. The van der Waals surface area contributed by atoms with Crippen molar-refractivity contribution in [3.05, 3.63) is 23.9 Å². The number of nitrogens with two attached hydrogens (primary N) is 1. The van der Waals surface area contributed by atoms with Crippen LogP contribution in [-0.2, 0) is 5.75 Å². The summed E-state index contributed by atoms with van der Waals surface area (Å²) in [5.74, 6) is 4.87. The lowest BCUT2D eigenvalue weighted by atomic mass is 9.56. The molecule has 2 N–H and O–H groups in total. The maximum Gasteiger partial charge on any atom is 0.127 e. The number of rotatable bonds is 3. The number of hydrogen-bond donors (Lipinski definition) is 1. The van der Waals surface area contributed by atoms with Crippen molar-refractivity contribution in [3.63, 3.8) is 0 Å². The second-order valence-electron chi connectivity index (χ2n) is 6.94. The number of nitrogens with zero attached hydrogens (tertiary/aromatic N) is 1. The first-order valence-electron chi connectivity index (χ1n) is 7.56. The van der Waals surface area contributed by atoms with E-state index >= 15 is 0 Å². The van der Waals surface area contributed by atoms with Crippen LogP contribution in [0, 0.1) is 17.8 Å². The van der Waals surface area contributed by atoms with Gasteiger partial charge in [-0.1, -0.05) is 6.07 Å². The maximum atomic E-state index is 5.97. The van der Waals surface area contributed by atoms with Gasteiger partial charge < -0.3 is 5.73 Å². The Labute approximate surface area is 119 Å². The fourth-order valence-corrected chi connectivity index (χ4v) is 6.78. The van der Waals surface area contributed by atoms with E-state index in [2.05, 4.69) is 22.8 Å². The van der Waals surface area contributed by atoms with Crippen LogP contribution in [0.25, 0.3) is 0 Å². The van der Waals surface area contributed by atoms with Crippen molar-refractivity contribution in [3.8, 4) is 0 Å². The summed E-state index contributed by atoms with van der Waals surface area (Å²) in [6.45, 7) is 0. The van der Waals surface area contributed by atoms with Gasteiger partial charge in [0.15, 0.2) is 0 Å². The number of anilines is 1. The molecule has 1 heterocycles. The van der Waals surface area contributed by atoms with Crippen molar-refractivity contribution >= 4 is 17.6 Å². The summed E-state index contributed by atoms with van der Waals surface area (Å²) in [5, 5.41) is 0. The molecule has 0 saturated heterocycles. The van der Waals surface area contributed by atoms with Crippen molar-refractivity contribution in [2.24, 2.45) is 17.8 Å². The summed E-state index contributed by atoms with van der Waals surface area (Å²) in [6.07, 6.45) is 10.7. The third kappa shape index (κ3) is 2.16. The Balaban J connectivity index is 1.49. The largest absolute Gasteiger partial charge is 0.383 e. The van der Waals surface area contributed by atoms with Crippen molar-refractivity contribution in [2.45, 2.75) is 49.0 Å². The molecule has 0 amide bonds. The van der Waals surface area contributed by atoms with Gasteiger partial charge in [0, 0.05) is 22.3 Å². The molecular formula is C16H22N2S. The minimum absolute atomic E-state index is 0.580. The Kier molecular flexibility index (Phi) is 2.80. The zero-order chi connectivity index (χ0) is 12.9. The summed E-state index contributed by atoms with van der Waals surface area (Å²) in [4.78, 5) is 4.21. The van der Waals surface area contributed by atoms with Crippen molar-refractivity contribution in [1.29, 1.82) is 0 Å². The van der Waals surface area contributed by atoms with Gasteiger partial charge in [0.25, 0.3) is 0 Å². The highest BCUT2D eigenvalue weighted by Crippen LogP contribution is 2.61. The Morgan fingerprint density at radius 2 is 1.79 bits per heavy atom. The molecule has 4 saturated carbocycles. The highest BCUT2D eigenvalue weighted by atomic mass is 32.2. The molecule has 0 radical (unpaired) electrons. The predicted molar refractivity (Wildman–Crippen MR) is 80.8 cm³/mol. The molecule has 4 aliphatic rings. The average molecular weight is 274 g/mol. The fourth-order valence-electron chi connectivity index (χ4n) is 5.01. The minimum Gasteiger partial charge on any atom is -0.383 e. The smallest absolute Gasteiger partial charge is 0.127 e. The van der Waals surface area contributed by atoms with Gasteiger partial charge in [-0.2, -0.15) is 11.8 Å². The number of aromatic nitrogens is 1. The zero-order valence-electron chi connectivity index (χ0n) is 11.3. The minimum atomic E-state index is 0.580. The topological polar surface area (TPSA) is 38.9 Å². The van der Waals surface area contributed by atoms with Gasteiger partial charge in [-0.25, -0.2) is 4.98 Å². The number of pyridine rings is 1. The lowest BCUT2D eigenvalue weighted by Crippen LogP contribution is -2.48. The molecule has 3 heteroatoms. The zero-order valence-corrected chi connectivity index (χ0v) is 12.2. The van der Waals surface area contributed by atoms with E-state index in [-0.39, 0.29) is 0 Å². The van der Waals surface area contributed by atoms with Gasteiger partial charge in [0.05, 0.1) is 0 Å². The number of hydrogen-bond acceptors (Lipinski definition) is 3. The van der Waals surface area contributed by atoms with Crippen LogP contribution in [0.1, 0.15) is 44.1 Å². The van der Waals surface area contributed by atoms with E-state index in [1.807, 2.05) is 6.07 Å². The van der Waals surface area contributed by atoms with Crippen molar-refractivity contribution in [2.75, 3.05) is 5.73 Å². The van der Waals surface area contributed by atoms with Gasteiger partial charge >= 0.3 is 0 Å². The molecule has 4 fully saturated rings. The molecule has 0 unspecified atom stereocenters.